The van der Waals surface area contributed by atoms with Gasteiger partial charge in [0.25, 0.3) is 0 Å². The Labute approximate surface area is 757 Å². The summed E-state index contributed by atoms with van der Waals surface area (Å²) in [4.78, 5) is 34.4. The van der Waals surface area contributed by atoms with Gasteiger partial charge in [0, 0.05) is 130 Å². The first-order valence-electron chi connectivity index (χ1n) is 44.9. The van der Waals surface area contributed by atoms with E-state index < -0.39 is 0 Å². The number of hydrogen-bond donors (Lipinski definition) is 5. The van der Waals surface area contributed by atoms with Crippen LogP contribution in [0.2, 0.25) is 5.02 Å². The highest BCUT2D eigenvalue weighted by Crippen LogP contribution is 2.41. The fraction of sp³-hybridized carbons (Fsp3) is 0.324. The van der Waals surface area contributed by atoms with Crippen LogP contribution in [0.5, 0.6) is 0 Å². The van der Waals surface area contributed by atoms with Crippen molar-refractivity contribution in [1.82, 2.24) is 59.1 Å². The van der Waals surface area contributed by atoms with E-state index in [1.807, 2.05) is 152 Å². The molecule has 7 N–H and O–H groups in total. The van der Waals surface area contributed by atoms with Crippen molar-refractivity contribution >= 4 is 79.5 Å². The molecule has 4 saturated heterocycles. The van der Waals surface area contributed by atoms with E-state index in [1.54, 1.807) is 25.1 Å². The molecule has 0 unspecified atom stereocenters. The van der Waals surface area contributed by atoms with Crippen molar-refractivity contribution in [3.05, 3.63) is 323 Å². The molecule has 19 rings (SSSR count). The smallest absolute Gasteiger partial charge is 0.206 e. The van der Waals surface area contributed by atoms with E-state index in [-0.39, 0.29) is 41.2 Å². The normalized spacial score (nSPS) is 14.8. The van der Waals surface area contributed by atoms with Gasteiger partial charge in [-0.25, -0.2) is 41.9 Å². The van der Waals surface area contributed by atoms with Crippen LogP contribution in [0.15, 0.2) is 189 Å². The number of nitrogens with two attached hydrogens (primary N) is 2. The molecule has 668 valence electrons. The van der Waals surface area contributed by atoms with E-state index in [4.69, 9.17) is 43.0 Å². The summed E-state index contributed by atoms with van der Waals surface area (Å²) >= 11 is 6.60. The quantitative estimate of drug-likeness (QED) is 0.0380. The first-order chi connectivity index (χ1) is 62.2. The lowest BCUT2D eigenvalue weighted by atomic mass is 9.97. The maximum atomic E-state index is 14.7. The maximum absolute atomic E-state index is 14.7. The van der Waals surface area contributed by atoms with E-state index in [9.17, 15) is 22.0 Å². The lowest BCUT2D eigenvalue weighted by Gasteiger charge is -2.39. The molecule has 2 atom stereocenters. The van der Waals surface area contributed by atoms with Crippen molar-refractivity contribution in [1.29, 1.82) is 0 Å². The summed E-state index contributed by atoms with van der Waals surface area (Å²) in [6.07, 6.45) is 2.89. The number of hydrogen-bond acceptors (Lipinski definition) is 14. The molecule has 0 radical (unpaired) electrons. The summed E-state index contributed by atoms with van der Waals surface area (Å²) in [5.41, 5.74) is 39.9. The van der Waals surface area contributed by atoms with Gasteiger partial charge in [-0.1, -0.05) is 146 Å². The SMILES string of the molecule is C=C[C@H](N)c1cc(C)cc2c1nc(N1CCNCC1)n2Cc1cc(C)c(F)c(C)c1.CCC1CN(c2nc3c(-c4ccccc4F)nc(C)cc3n2Cc2ccc(F)c(C)c2)C1.Cc1cc(-c2ccccc2Cl)c2nc(N3CCNCC3)n(Cc3cc(C)c(F)c(C)c3)c2c1.Cc1cc([C@@H](N)c2ccccc2)c2nc(N3CCNCC3)n(Cc3cc(C)c(F)c(C)c3)c2c1. The summed E-state index contributed by atoms with van der Waals surface area (Å²) in [7, 11) is 0. The summed E-state index contributed by atoms with van der Waals surface area (Å²) in [5, 5.41) is 11.0. The minimum absolute atomic E-state index is 0.131. The predicted octanol–water partition coefficient (Wildman–Crippen LogP) is 20.1. The van der Waals surface area contributed by atoms with Crippen LogP contribution in [0.1, 0.15) is 126 Å². The van der Waals surface area contributed by atoms with Gasteiger partial charge >= 0.3 is 0 Å². The fourth-order valence-electron chi connectivity index (χ4n) is 18.6. The number of benzene rings is 10. The molecule has 4 aliphatic rings. The van der Waals surface area contributed by atoms with E-state index >= 15 is 0 Å². The summed E-state index contributed by atoms with van der Waals surface area (Å²) < 4.78 is 80.3. The van der Waals surface area contributed by atoms with Crippen molar-refractivity contribution in [3.63, 3.8) is 0 Å². The molecule has 9 heterocycles. The molecular weight excluding hydrogens is 1640 g/mol. The second-order valence-corrected chi connectivity index (χ2v) is 35.7. The van der Waals surface area contributed by atoms with Crippen LogP contribution in [0.4, 0.5) is 45.7 Å². The Balaban J connectivity index is 0.000000126. The molecule has 5 aromatic heterocycles. The number of nitrogens with zero attached hydrogens (tertiary/aromatic N) is 13. The zero-order valence-electron chi connectivity index (χ0n) is 75.9. The number of anilines is 4. The third-order valence-electron chi connectivity index (χ3n) is 25.3. The standard InChI is InChI=1S/C28H32FN5.C27H28ClFN4.C26H26F2N4.C24H30FN5/c1-18-13-23(26(30)22-7-5-4-6-8-22)27-24(14-18)34(28(32-27)33-11-9-31-10-12-33)17-21-15-19(2)25(29)20(3)16-21;1-17-12-22(21-6-4-5-7-23(21)28)26-24(13-17)33(27(31-26)32-10-8-30-9-11-32)16-20-14-18(2)25(29)19(3)15-20;1-4-18-13-31(14-18)26-30-25-23(32(26)15-19-9-10-21(27)16(2)11-19)12-17(3)29-24(25)20-7-5-6-8-22(20)28;1-5-20(26)19-10-15(2)11-21-23(19)28-24(29-8-6-27-7-9-29)30(21)14-18-12-16(3)22(25)17(4)13-18/h4-8,13-16,26,31H,9-12,17,30H2,1-3H3;4-7,12-15,30H,8-11,16H2,1-3H3;5-12,18H,4,13-15H2,1-3H3;5,10-13,20,27H,1,6-9,14,26H2,2-4H3/t26-;;;20-/m0..0/s1. The summed E-state index contributed by atoms with van der Waals surface area (Å²) in [6, 6.07) is 56.1. The number of rotatable bonds is 19. The molecule has 0 amide bonds. The summed E-state index contributed by atoms with van der Waals surface area (Å²) in [5.74, 6) is 3.43. The Hall–Kier alpha value is -12.1. The van der Waals surface area contributed by atoms with Crippen molar-refractivity contribution in [2.45, 2.75) is 128 Å². The van der Waals surface area contributed by atoms with Gasteiger partial charge < -0.3 is 65.3 Å². The molecule has 4 fully saturated rings. The third kappa shape index (κ3) is 19.3. The molecule has 0 aliphatic carbocycles. The van der Waals surface area contributed by atoms with Crippen LogP contribution in [-0.4, -0.2) is 135 Å². The lowest BCUT2D eigenvalue weighted by molar-refractivity contribution is 0.389. The highest BCUT2D eigenvalue weighted by Gasteiger charge is 2.33. The Morgan fingerprint density at radius 1 is 0.395 bits per heavy atom. The number of nitrogens with one attached hydrogen (secondary N) is 3. The topological polar surface area (TPSA) is 185 Å². The highest BCUT2D eigenvalue weighted by atomic mass is 35.5. The Kier molecular flexibility index (Phi) is 27.3. The largest absolute Gasteiger partial charge is 0.342 e. The molecule has 0 bridgehead atoms. The van der Waals surface area contributed by atoms with Crippen LogP contribution in [0, 0.1) is 111 Å². The van der Waals surface area contributed by atoms with Gasteiger partial charge in [0.05, 0.1) is 76.9 Å². The summed E-state index contributed by atoms with van der Waals surface area (Å²) in [6.45, 7) is 42.3. The molecule has 0 spiro atoms. The molecule has 15 aromatic rings. The second-order valence-electron chi connectivity index (χ2n) is 35.3. The van der Waals surface area contributed by atoms with Crippen LogP contribution in [-0.2, 0) is 26.2 Å². The van der Waals surface area contributed by atoms with Gasteiger partial charge in [-0.15, -0.1) is 6.58 Å². The number of piperazine rings is 3. The molecule has 4 aliphatic heterocycles. The number of pyridine rings is 1. The van der Waals surface area contributed by atoms with Crippen LogP contribution in [0.25, 0.3) is 66.5 Å². The molecule has 18 nitrogen and oxygen atoms in total. The second kappa shape index (κ2) is 39.1. The fourth-order valence-corrected chi connectivity index (χ4v) is 18.9. The van der Waals surface area contributed by atoms with Crippen molar-refractivity contribution < 1.29 is 22.0 Å². The van der Waals surface area contributed by atoms with Gasteiger partial charge in [-0.2, -0.15) is 0 Å². The molecule has 24 heteroatoms. The lowest BCUT2D eigenvalue weighted by Crippen LogP contribution is -2.47. The molecule has 0 saturated carbocycles. The van der Waals surface area contributed by atoms with Gasteiger partial charge in [-0.05, 0) is 227 Å². The zero-order chi connectivity index (χ0) is 90.7. The molecule has 10 aromatic carbocycles. The number of fused-ring (bicyclic) bond motifs is 4. The van der Waals surface area contributed by atoms with Crippen molar-refractivity contribution in [3.8, 4) is 22.4 Å². The Morgan fingerprint density at radius 2 is 0.783 bits per heavy atom. The van der Waals surface area contributed by atoms with Gasteiger partial charge in [0.1, 0.15) is 40.3 Å². The minimum Gasteiger partial charge on any atom is -0.342 e. The van der Waals surface area contributed by atoms with Crippen molar-refractivity contribution in [2.24, 2.45) is 17.4 Å². The number of aryl methyl sites for hydroxylation is 11. The van der Waals surface area contributed by atoms with E-state index in [2.05, 4.69) is 142 Å². The van der Waals surface area contributed by atoms with Gasteiger partial charge in [0.15, 0.2) is 0 Å². The minimum atomic E-state index is -0.313. The van der Waals surface area contributed by atoms with E-state index in [0.29, 0.717) is 92.8 Å². The van der Waals surface area contributed by atoms with Gasteiger partial charge in [-0.3, -0.25) is 4.98 Å². The number of halogens is 6. The first-order valence-corrected chi connectivity index (χ1v) is 45.3. The number of aromatic nitrogens is 9. The molecule has 129 heavy (non-hydrogen) atoms. The van der Waals surface area contributed by atoms with Crippen LogP contribution in [0.3, 0.4) is 0 Å². The monoisotopic (exact) mass is 1760 g/mol. The van der Waals surface area contributed by atoms with Crippen LogP contribution >= 0.6 is 11.6 Å². The average Bonchev–Trinajstić information content (AvgIpc) is 1.63. The Morgan fingerprint density at radius 3 is 1.24 bits per heavy atom. The predicted molar refractivity (Wildman–Crippen MR) is 518 cm³/mol. The van der Waals surface area contributed by atoms with Crippen LogP contribution < -0.4 is 47.0 Å². The Bertz CT molecular complexity index is 6580. The third-order valence-corrected chi connectivity index (χ3v) is 25.7. The highest BCUT2D eigenvalue weighted by molar-refractivity contribution is 6.33. The molecular formula is C105H116ClF5N18. The van der Waals surface area contributed by atoms with Crippen molar-refractivity contribution in [2.75, 3.05) is 111 Å². The van der Waals surface area contributed by atoms with E-state index in [1.165, 1.54) is 12.1 Å². The van der Waals surface area contributed by atoms with E-state index in [0.717, 1.165) is 233 Å². The first kappa shape index (κ1) is 90.3. The number of imidazole rings is 4. The zero-order valence-corrected chi connectivity index (χ0v) is 76.7. The maximum Gasteiger partial charge on any atom is 0.206 e. The van der Waals surface area contributed by atoms with Gasteiger partial charge in [0.2, 0.25) is 23.8 Å². The average molecular weight is 1760 g/mol.